The summed E-state index contributed by atoms with van der Waals surface area (Å²) in [5.74, 6) is -0.120. The SMILES string of the molecule is O=C(Cc1ccc(Br)cc1)NN=Cc1cccs1. The van der Waals surface area contributed by atoms with Crippen molar-refractivity contribution in [2.45, 2.75) is 6.42 Å². The van der Waals surface area contributed by atoms with Gasteiger partial charge in [-0.3, -0.25) is 4.79 Å². The molecule has 1 N–H and O–H groups in total. The molecule has 0 saturated carbocycles. The number of nitrogens with one attached hydrogen (secondary N) is 1. The molecule has 0 saturated heterocycles. The molecule has 92 valence electrons. The van der Waals surface area contributed by atoms with E-state index in [0.29, 0.717) is 6.42 Å². The molecule has 2 rings (SSSR count). The summed E-state index contributed by atoms with van der Waals surface area (Å²) in [6.07, 6.45) is 1.97. The van der Waals surface area contributed by atoms with Crippen LogP contribution in [0.15, 0.2) is 51.4 Å². The third kappa shape index (κ3) is 4.09. The fourth-order valence-corrected chi connectivity index (χ4v) is 2.21. The molecule has 1 heterocycles. The van der Waals surface area contributed by atoms with E-state index in [1.54, 1.807) is 17.6 Å². The van der Waals surface area contributed by atoms with Crippen molar-refractivity contribution in [1.29, 1.82) is 0 Å². The lowest BCUT2D eigenvalue weighted by molar-refractivity contribution is -0.120. The predicted molar refractivity (Wildman–Crippen MR) is 77.9 cm³/mol. The molecule has 1 aromatic heterocycles. The number of benzene rings is 1. The van der Waals surface area contributed by atoms with Crippen LogP contribution in [0.5, 0.6) is 0 Å². The Kier molecular flexibility index (Phi) is 4.66. The first-order valence-electron chi connectivity index (χ1n) is 5.34. The van der Waals surface area contributed by atoms with Gasteiger partial charge in [0.1, 0.15) is 0 Å². The Morgan fingerprint density at radius 2 is 2.11 bits per heavy atom. The lowest BCUT2D eigenvalue weighted by Gasteiger charge is -2.00. The second-order valence-electron chi connectivity index (χ2n) is 3.61. The average Bonchev–Trinajstić information content (AvgIpc) is 2.85. The van der Waals surface area contributed by atoms with Crippen molar-refractivity contribution >= 4 is 39.4 Å². The van der Waals surface area contributed by atoms with Crippen molar-refractivity contribution in [2.24, 2.45) is 5.10 Å². The largest absolute Gasteiger partial charge is 0.273 e. The summed E-state index contributed by atoms with van der Waals surface area (Å²) in [5, 5.41) is 5.87. The number of thiophene rings is 1. The molecule has 5 heteroatoms. The van der Waals surface area contributed by atoms with E-state index in [9.17, 15) is 4.79 Å². The molecule has 0 aliphatic heterocycles. The minimum absolute atomic E-state index is 0.120. The molecular weight excluding hydrogens is 312 g/mol. The highest BCUT2D eigenvalue weighted by Gasteiger charge is 2.01. The van der Waals surface area contributed by atoms with Gasteiger partial charge in [0, 0.05) is 9.35 Å². The first-order valence-corrected chi connectivity index (χ1v) is 7.01. The maximum absolute atomic E-state index is 11.6. The van der Waals surface area contributed by atoms with E-state index < -0.39 is 0 Å². The van der Waals surface area contributed by atoms with Gasteiger partial charge in [0.25, 0.3) is 0 Å². The zero-order valence-corrected chi connectivity index (χ0v) is 11.9. The predicted octanol–water partition coefficient (Wildman–Crippen LogP) is 3.20. The van der Waals surface area contributed by atoms with E-state index >= 15 is 0 Å². The van der Waals surface area contributed by atoms with Gasteiger partial charge in [-0.25, -0.2) is 5.43 Å². The monoisotopic (exact) mass is 322 g/mol. The quantitative estimate of drug-likeness (QED) is 0.681. The van der Waals surface area contributed by atoms with Crippen LogP contribution in [0.4, 0.5) is 0 Å². The second kappa shape index (κ2) is 6.47. The molecule has 0 spiro atoms. The number of hydrogen-bond acceptors (Lipinski definition) is 3. The van der Waals surface area contributed by atoms with Crippen molar-refractivity contribution in [3.8, 4) is 0 Å². The zero-order chi connectivity index (χ0) is 12.8. The van der Waals surface area contributed by atoms with Gasteiger partial charge in [0.05, 0.1) is 12.6 Å². The lowest BCUT2D eigenvalue weighted by atomic mass is 10.1. The van der Waals surface area contributed by atoms with Crippen LogP contribution in [0.3, 0.4) is 0 Å². The Balaban J connectivity index is 1.84. The van der Waals surface area contributed by atoms with Crippen molar-refractivity contribution in [3.05, 3.63) is 56.7 Å². The molecule has 2 aromatic rings. The van der Waals surface area contributed by atoms with Gasteiger partial charge < -0.3 is 0 Å². The Morgan fingerprint density at radius 3 is 2.78 bits per heavy atom. The van der Waals surface area contributed by atoms with Gasteiger partial charge in [-0.1, -0.05) is 34.1 Å². The summed E-state index contributed by atoms with van der Waals surface area (Å²) < 4.78 is 1.00. The average molecular weight is 323 g/mol. The maximum Gasteiger partial charge on any atom is 0.244 e. The van der Waals surface area contributed by atoms with Crippen LogP contribution in [0.2, 0.25) is 0 Å². The minimum Gasteiger partial charge on any atom is -0.273 e. The van der Waals surface area contributed by atoms with E-state index in [1.807, 2.05) is 41.8 Å². The van der Waals surface area contributed by atoms with Crippen molar-refractivity contribution in [1.82, 2.24) is 5.43 Å². The van der Waals surface area contributed by atoms with Gasteiger partial charge in [-0.2, -0.15) is 5.10 Å². The molecular formula is C13H11BrN2OS. The molecule has 0 unspecified atom stereocenters. The van der Waals surface area contributed by atoms with E-state index in [-0.39, 0.29) is 5.91 Å². The van der Waals surface area contributed by atoms with Crippen LogP contribution in [-0.4, -0.2) is 12.1 Å². The summed E-state index contributed by atoms with van der Waals surface area (Å²) in [6.45, 7) is 0. The molecule has 0 fully saturated rings. The molecule has 1 amide bonds. The Hall–Kier alpha value is -1.46. The van der Waals surface area contributed by atoms with E-state index in [1.165, 1.54) is 0 Å². The molecule has 3 nitrogen and oxygen atoms in total. The summed E-state index contributed by atoms with van der Waals surface area (Å²) >= 11 is 4.93. The van der Waals surface area contributed by atoms with Crippen molar-refractivity contribution in [3.63, 3.8) is 0 Å². The van der Waals surface area contributed by atoms with Crippen LogP contribution >= 0.6 is 27.3 Å². The van der Waals surface area contributed by atoms with Gasteiger partial charge in [0.2, 0.25) is 5.91 Å². The minimum atomic E-state index is -0.120. The van der Waals surface area contributed by atoms with E-state index in [0.717, 1.165) is 14.9 Å². The fourth-order valence-electron chi connectivity index (χ4n) is 1.36. The zero-order valence-electron chi connectivity index (χ0n) is 9.47. The molecule has 0 bridgehead atoms. The topological polar surface area (TPSA) is 41.5 Å². The van der Waals surface area contributed by atoms with Gasteiger partial charge >= 0.3 is 0 Å². The number of nitrogens with zero attached hydrogens (tertiary/aromatic N) is 1. The summed E-state index contributed by atoms with van der Waals surface area (Å²) in [6, 6.07) is 11.5. The first-order chi connectivity index (χ1) is 8.74. The highest BCUT2D eigenvalue weighted by atomic mass is 79.9. The smallest absolute Gasteiger partial charge is 0.244 e. The van der Waals surface area contributed by atoms with Crippen LogP contribution in [0, 0.1) is 0 Å². The van der Waals surface area contributed by atoms with Gasteiger partial charge in [-0.05, 0) is 29.1 Å². The fraction of sp³-hybridized carbons (Fsp3) is 0.0769. The van der Waals surface area contributed by atoms with Crippen LogP contribution in [0.25, 0.3) is 0 Å². The van der Waals surface area contributed by atoms with Crippen LogP contribution in [-0.2, 0) is 11.2 Å². The van der Waals surface area contributed by atoms with Crippen molar-refractivity contribution in [2.75, 3.05) is 0 Å². The molecule has 18 heavy (non-hydrogen) atoms. The number of carbonyl (C=O) groups excluding carboxylic acids is 1. The Labute approximate surface area is 118 Å². The van der Waals surface area contributed by atoms with E-state index in [4.69, 9.17) is 0 Å². The lowest BCUT2D eigenvalue weighted by Crippen LogP contribution is -2.19. The summed E-state index contributed by atoms with van der Waals surface area (Å²) in [5.41, 5.74) is 3.47. The standard InChI is InChI=1S/C13H11BrN2OS/c14-11-5-3-10(4-6-11)8-13(17)16-15-9-12-2-1-7-18-12/h1-7,9H,8H2,(H,16,17). The Morgan fingerprint density at radius 1 is 1.33 bits per heavy atom. The number of hydrazone groups is 1. The normalized spacial score (nSPS) is 10.7. The van der Waals surface area contributed by atoms with E-state index in [2.05, 4.69) is 26.5 Å². The first kappa shape index (κ1) is 13.0. The number of amides is 1. The summed E-state index contributed by atoms with van der Waals surface area (Å²) in [7, 11) is 0. The highest BCUT2D eigenvalue weighted by molar-refractivity contribution is 9.10. The molecule has 0 aliphatic carbocycles. The second-order valence-corrected chi connectivity index (χ2v) is 5.51. The number of halogens is 1. The van der Waals surface area contributed by atoms with Gasteiger partial charge in [0.15, 0.2) is 0 Å². The van der Waals surface area contributed by atoms with Crippen LogP contribution < -0.4 is 5.43 Å². The third-order valence-corrected chi connectivity index (χ3v) is 3.54. The number of hydrogen-bond donors (Lipinski definition) is 1. The van der Waals surface area contributed by atoms with Crippen molar-refractivity contribution < 1.29 is 4.79 Å². The highest BCUT2D eigenvalue weighted by Crippen LogP contribution is 2.10. The molecule has 0 aliphatic rings. The maximum atomic E-state index is 11.6. The third-order valence-electron chi connectivity index (χ3n) is 2.20. The molecule has 0 atom stereocenters. The number of carbonyl (C=O) groups is 1. The Bertz CT molecular complexity index is 535. The number of rotatable bonds is 4. The summed E-state index contributed by atoms with van der Waals surface area (Å²) in [4.78, 5) is 12.6. The van der Waals surface area contributed by atoms with Crippen LogP contribution in [0.1, 0.15) is 10.4 Å². The van der Waals surface area contributed by atoms with Gasteiger partial charge in [-0.15, -0.1) is 11.3 Å². The molecule has 0 radical (unpaired) electrons. The molecule has 1 aromatic carbocycles.